The molecule has 0 aromatic heterocycles. The lowest BCUT2D eigenvalue weighted by atomic mass is 10.3. The molecule has 3 N–H and O–H groups in total. The summed E-state index contributed by atoms with van der Waals surface area (Å²) in [5.74, 6) is -1.95. The SMILES string of the molecule is N#CCS(=O)(=O)Nc1ccc(S(N)(=O)=O)cc1F. The zero-order valence-electron chi connectivity index (χ0n) is 8.79. The summed E-state index contributed by atoms with van der Waals surface area (Å²) in [4.78, 5) is -0.483. The second-order valence-corrected chi connectivity index (χ2v) is 6.49. The summed E-state index contributed by atoms with van der Waals surface area (Å²) in [5.41, 5.74) is -0.461. The number of anilines is 1. The summed E-state index contributed by atoms with van der Waals surface area (Å²) in [7, 11) is -8.05. The zero-order chi connectivity index (χ0) is 14.0. The molecule has 18 heavy (non-hydrogen) atoms. The van der Waals surface area contributed by atoms with Crippen LogP contribution in [0.2, 0.25) is 0 Å². The first-order valence-corrected chi connectivity index (χ1v) is 7.55. The minimum atomic E-state index is -4.07. The number of nitrogens with one attached hydrogen (secondary N) is 1. The second-order valence-electron chi connectivity index (χ2n) is 3.21. The van der Waals surface area contributed by atoms with Gasteiger partial charge in [0, 0.05) is 0 Å². The van der Waals surface area contributed by atoms with Gasteiger partial charge < -0.3 is 0 Å². The van der Waals surface area contributed by atoms with Crippen molar-refractivity contribution in [2.75, 3.05) is 10.5 Å². The van der Waals surface area contributed by atoms with E-state index in [4.69, 9.17) is 10.4 Å². The van der Waals surface area contributed by atoms with Crippen LogP contribution in [0.3, 0.4) is 0 Å². The maximum absolute atomic E-state index is 13.4. The van der Waals surface area contributed by atoms with Crippen molar-refractivity contribution in [3.8, 4) is 6.07 Å². The fraction of sp³-hybridized carbons (Fsp3) is 0.125. The summed E-state index contributed by atoms with van der Waals surface area (Å²) in [6.45, 7) is 0. The number of nitrogens with two attached hydrogens (primary N) is 1. The van der Waals surface area contributed by atoms with Crippen LogP contribution in [0, 0.1) is 17.1 Å². The Morgan fingerprint density at radius 1 is 1.33 bits per heavy atom. The largest absolute Gasteiger partial charge is 0.280 e. The number of hydrogen-bond donors (Lipinski definition) is 2. The molecule has 1 aromatic carbocycles. The molecular formula is C8H8FN3O4S2. The van der Waals surface area contributed by atoms with Gasteiger partial charge in [0.1, 0.15) is 5.82 Å². The number of benzene rings is 1. The highest BCUT2D eigenvalue weighted by atomic mass is 32.2. The maximum Gasteiger partial charge on any atom is 0.246 e. The Morgan fingerprint density at radius 2 is 1.94 bits per heavy atom. The average molecular weight is 293 g/mol. The summed E-state index contributed by atoms with van der Waals surface area (Å²) >= 11 is 0. The van der Waals surface area contributed by atoms with Gasteiger partial charge in [0.25, 0.3) is 0 Å². The molecule has 10 heteroatoms. The van der Waals surface area contributed by atoms with Gasteiger partial charge in [-0.25, -0.2) is 26.4 Å². The molecule has 0 spiro atoms. The molecule has 0 aliphatic carbocycles. The minimum absolute atomic E-state index is 0.461. The van der Waals surface area contributed by atoms with Gasteiger partial charge in [-0.3, -0.25) is 4.72 Å². The highest BCUT2D eigenvalue weighted by molar-refractivity contribution is 7.92. The number of hydrogen-bond acceptors (Lipinski definition) is 5. The van der Waals surface area contributed by atoms with Gasteiger partial charge in [0.15, 0.2) is 5.75 Å². The first-order valence-electron chi connectivity index (χ1n) is 4.35. The molecular weight excluding hydrogens is 285 g/mol. The third kappa shape index (κ3) is 3.66. The highest BCUT2D eigenvalue weighted by Crippen LogP contribution is 2.19. The molecule has 0 bridgehead atoms. The third-order valence-electron chi connectivity index (χ3n) is 1.79. The number of sulfonamides is 2. The van der Waals surface area contributed by atoms with Crippen LogP contribution in [-0.2, 0) is 20.0 Å². The molecule has 0 heterocycles. The van der Waals surface area contributed by atoms with Crippen molar-refractivity contribution >= 4 is 25.7 Å². The molecule has 0 radical (unpaired) electrons. The molecule has 0 atom stereocenters. The topological polar surface area (TPSA) is 130 Å². The predicted molar refractivity (Wildman–Crippen MR) is 60.8 cm³/mol. The molecule has 0 unspecified atom stereocenters. The Morgan fingerprint density at radius 3 is 2.39 bits per heavy atom. The van der Waals surface area contributed by atoms with Crippen LogP contribution in [0.5, 0.6) is 0 Å². The normalized spacial score (nSPS) is 11.8. The lowest BCUT2D eigenvalue weighted by Gasteiger charge is -2.07. The van der Waals surface area contributed by atoms with Gasteiger partial charge in [-0.05, 0) is 18.2 Å². The van der Waals surface area contributed by atoms with Crippen LogP contribution in [0.15, 0.2) is 23.1 Å². The molecule has 0 amide bonds. The monoisotopic (exact) mass is 293 g/mol. The van der Waals surface area contributed by atoms with Gasteiger partial charge in [-0.15, -0.1) is 0 Å². The Kier molecular flexibility index (Phi) is 3.90. The number of rotatable bonds is 4. The van der Waals surface area contributed by atoms with Crippen LogP contribution < -0.4 is 9.86 Å². The molecule has 0 saturated heterocycles. The van der Waals surface area contributed by atoms with Gasteiger partial charge in [-0.2, -0.15) is 5.26 Å². The quantitative estimate of drug-likeness (QED) is 0.789. The van der Waals surface area contributed by atoms with Gasteiger partial charge in [0.05, 0.1) is 16.7 Å². The second kappa shape index (κ2) is 4.89. The predicted octanol–water partition coefficient (Wildman–Crippen LogP) is -0.262. The summed E-state index contributed by atoms with van der Waals surface area (Å²) in [6.07, 6.45) is 0. The van der Waals surface area contributed by atoms with Crippen molar-refractivity contribution in [3.63, 3.8) is 0 Å². The van der Waals surface area contributed by atoms with E-state index in [9.17, 15) is 21.2 Å². The van der Waals surface area contributed by atoms with Crippen molar-refractivity contribution < 1.29 is 21.2 Å². The highest BCUT2D eigenvalue weighted by Gasteiger charge is 2.15. The maximum atomic E-state index is 13.4. The van der Waals surface area contributed by atoms with Crippen LogP contribution in [0.1, 0.15) is 0 Å². The molecule has 0 aliphatic rings. The minimum Gasteiger partial charge on any atom is -0.280 e. The van der Waals surface area contributed by atoms with Crippen molar-refractivity contribution in [2.24, 2.45) is 5.14 Å². The molecule has 0 fully saturated rings. The molecule has 0 aliphatic heterocycles. The fourth-order valence-corrected chi connectivity index (χ4v) is 2.31. The Balaban J connectivity index is 3.13. The third-order valence-corrected chi connectivity index (χ3v) is 3.74. The van der Waals surface area contributed by atoms with Crippen LogP contribution in [0.25, 0.3) is 0 Å². The van der Waals surface area contributed by atoms with E-state index in [0.717, 1.165) is 12.1 Å². The van der Waals surface area contributed by atoms with Crippen molar-refractivity contribution in [2.45, 2.75) is 4.90 Å². The van der Waals surface area contributed by atoms with Crippen LogP contribution in [0.4, 0.5) is 10.1 Å². The lowest BCUT2D eigenvalue weighted by Crippen LogP contribution is -2.17. The Labute approximate surface area is 103 Å². The smallest absolute Gasteiger partial charge is 0.246 e. The van der Waals surface area contributed by atoms with E-state index in [1.165, 1.54) is 6.07 Å². The van der Waals surface area contributed by atoms with Crippen molar-refractivity contribution in [1.82, 2.24) is 0 Å². The van der Waals surface area contributed by atoms with Gasteiger partial charge in [0.2, 0.25) is 20.0 Å². The number of primary sulfonamides is 1. The first kappa shape index (κ1) is 14.4. The van der Waals surface area contributed by atoms with E-state index in [-0.39, 0.29) is 0 Å². The number of nitrogens with zero attached hydrogens (tertiary/aromatic N) is 1. The van der Waals surface area contributed by atoms with Gasteiger partial charge in [-0.1, -0.05) is 0 Å². The van der Waals surface area contributed by atoms with E-state index in [1.807, 2.05) is 0 Å². The summed E-state index contributed by atoms with van der Waals surface area (Å²) in [5, 5.41) is 13.0. The van der Waals surface area contributed by atoms with Gasteiger partial charge >= 0.3 is 0 Å². The summed E-state index contributed by atoms with van der Waals surface area (Å²) in [6, 6.07) is 3.83. The molecule has 1 rings (SSSR count). The molecule has 0 saturated carbocycles. The zero-order valence-corrected chi connectivity index (χ0v) is 10.4. The van der Waals surface area contributed by atoms with E-state index in [1.54, 1.807) is 4.72 Å². The Hall–Kier alpha value is -1.70. The molecule has 7 nitrogen and oxygen atoms in total. The first-order chi connectivity index (χ1) is 8.15. The van der Waals surface area contributed by atoms with E-state index < -0.39 is 42.2 Å². The van der Waals surface area contributed by atoms with E-state index in [2.05, 4.69) is 0 Å². The molecule has 1 aromatic rings. The number of nitriles is 1. The fourth-order valence-electron chi connectivity index (χ4n) is 1.04. The molecule has 98 valence electrons. The van der Waals surface area contributed by atoms with E-state index >= 15 is 0 Å². The Bertz CT molecular complexity index is 706. The standard InChI is InChI=1S/C8H8FN3O4S2/c9-7-5-6(18(11,15)16)1-2-8(7)12-17(13,14)4-3-10/h1-2,5,12H,4H2,(H2,11,15,16). The van der Waals surface area contributed by atoms with Crippen molar-refractivity contribution in [1.29, 1.82) is 5.26 Å². The summed E-state index contributed by atoms with van der Waals surface area (Å²) < 4.78 is 59.4. The van der Waals surface area contributed by atoms with E-state index in [0.29, 0.717) is 6.07 Å². The number of halogens is 1. The average Bonchev–Trinajstić information content (AvgIpc) is 2.19. The lowest BCUT2D eigenvalue weighted by molar-refractivity contribution is 0.593. The van der Waals surface area contributed by atoms with Crippen LogP contribution >= 0.6 is 0 Å². The van der Waals surface area contributed by atoms with Crippen LogP contribution in [-0.4, -0.2) is 22.6 Å². The van der Waals surface area contributed by atoms with Crippen molar-refractivity contribution in [3.05, 3.63) is 24.0 Å².